The van der Waals surface area contributed by atoms with Crippen molar-refractivity contribution < 1.29 is 4.79 Å². The van der Waals surface area contributed by atoms with E-state index in [9.17, 15) is 4.79 Å². The molecule has 18 heavy (non-hydrogen) atoms. The molecule has 4 nitrogen and oxygen atoms in total. The Bertz CT molecular complexity index is 458. The second-order valence-electron chi connectivity index (χ2n) is 4.76. The van der Waals surface area contributed by atoms with Gasteiger partial charge < -0.3 is 10.7 Å². The molecule has 0 heterocycles. The third kappa shape index (κ3) is 2.79. The summed E-state index contributed by atoms with van der Waals surface area (Å²) in [5.74, 6) is 5.38. The lowest BCUT2D eigenvalue weighted by atomic mass is 10.1. The Labute approximate surface area is 112 Å². The van der Waals surface area contributed by atoms with E-state index in [1.165, 1.54) is 12.8 Å². The third-order valence-corrected chi connectivity index (χ3v) is 4.81. The van der Waals surface area contributed by atoms with Crippen LogP contribution in [0, 0.1) is 6.92 Å². The molecule has 1 aliphatic carbocycles. The van der Waals surface area contributed by atoms with E-state index < -0.39 is 0 Å². The number of benzene rings is 1. The van der Waals surface area contributed by atoms with Crippen molar-refractivity contribution in [3.8, 4) is 0 Å². The van der Waals surface area contributed by atoms with Crippen molar-refractivity contribution >= 4 is 23.4 Å². The van der Waals surface area contributed by atoms with Crippen LogP contribution in [0.3, 0.4) is 0 Å². The van der Waals surface area contributed by atoms with Gasteiger partial charge in [0.25, 0.3) is 5.91 Å². The van der Waals surface area contributed by atoms with Gasteiger partial charge in [0.2, 0.25) is 0 Å². The molecule has 1 aromatic rings. The van der Waals surface area contributed by atoms with Crippen LogP contribution in [-0.4, -0.2) is 23.5 Å². The fourth-order valence-corrected chi connectivity index (χ4v) is 2.63. The summed E-state index contributed by atoms with van der Waals surface area (Å²) in [7, 11) is 0. The van der Waals surface area contributed by atoms with Crippen molar-refractivity contribution in [2.45, 2.75) is 24.5 Å². The normalized spacial score (nSPS) is 16.2. The van der Waals surface area contributed by atoms with E-state index >= 15 is 0 Å². The number of nitrogen functional groups attached to an aromatic ring is 1. The molecule has 0 bridgehead atoms. The maximum atomic E-state index is 12.1. The summed E-state index contributed by atoms with van der Waals surface area (Å²) < 4.78 is 0.274. The number of hydrogen-bond acceptors (Lipinski definition) is 4. The Morgan fingerprint density at radius 1 is 1.50 bits per heavy atom. The lowest BCUT2D eigenvalue weighted by Gasteiger charge is -2.14. The first-order valence-electron chi connectivity index (χ1n) is 6.01. The molecule has 4 N–H and O–H groups in total. The number of hydrogen-bond donors (Lipinski definition) is 3. The van der Waals surface area contributed by atoms with Gasteiger partial charge in [-0.25, -0.2) is 0 Å². The number of nitrogens with one attached hydrogen (secondary N) is 2. The number of carbonyl (C=O) groups excluding carboxylic acids is 1. The molecule has 1 aliphatic rings. The zero-order valence-corrected chi connectivity index (χ0v) is 11.6. The average Bonchev–Trinajstić information content (AvgIpc) is 3.16. The molecule has 5 heteroatoms. The average molecular weight is 265 g/mol. The maximum Gasteiger partial charge on any atom is 0.253 e. The first-order valence-corrected chi connectivity index (χ1v) is 7.23. The van der Waals surface area contributed by atoms with Crippen molar-refractivity contribution in [2.75, 3.05) is 18.2 Å². The number of nitrogens with two attached hydrogens (primary N) is 1. The van der Waals surface area contributed by atoms with Crippen LogP contribution in [0.2, 0.25) is 0 Å². The van der Waals surface area contributed by atoms with Gasteiger partial charge in [0.05, 0.1) is 11.3 Å². The summed E-state index contributed by atoms with van der Waals surface area (Å²) in [6, 6.07) is 5.59. The molecule has 0 saturated heterocycles. The number of aryl methyl sites for hydroxylation is 1. The zero-order chi connectivity index (χ0) is 13.2. The molecule has 1 saturated carbocycles. The van der Waals surface area contributed by atoms with Crippen LogP contribution in [0.4, 0.5) is 5.69 Å². The van der Waals surface area contributed by atoms with E-state index in [0.717, 1.165) is 12.1 Å². The van der Waals surface area contributed by atoms with Crippen molar-refractivity contribution in [3.63, 3.8) is 0 Å². The number of thioether (sulfide) groups is 1. The molecule has 0 unspecified atom stereocenters. The van der Waals surface area contributed by atoms with Crippen molar-refractivity contribution in [1.29, 1.82) is 0 Å². The fourth-order valence-electron chi connectivity index (χ4n) is 1.90. The van der Waals surface area contributed by atoms with Gasteiger partial charge in [-0.3, -0.25) is 10.6 Å². The predicted molar refractivity (Wildman–Crippen MR) is 76.8 cm³/mol. The molecule has 0 aromatic heterocycles. The zero-order valence-electron chi connectivity index (χ0n) is 10.7. The Morgan fingerprint density at radius 2 is 2.22 bits per heavy atom. The van der Waals surface area contributed by atoms with Gasteiger partial charge in [-0.15, -0.1) is 0 Å². The third-order valence-electron chi connectivity index (χ3n) is 3.39. The van der Waals surface area contributed by atoms with Gasteiger partial charge in [-0.1, -0.05) is 6.07 Å². The highest BCUT2D eigenvalue weighted by Crippen LogP contribution is 2.46. The number of carbonyl (C=O) groups is 1. The van der Waals surface area contributed by atoms with Gasteiger partial charge in [-0.05, 0) is 43.7 Å². The maximum absolute atomic E-state index is 12.1. The molecule has 2 rings (SSSR count). The molecule has 1 fully saturated rings. The van der Waals surface area contributed by atoms with Crippen molar-refractivity contribution in [2.24, 2.45) is 5.84 Å². The lowest BCUT2D eigenvalue weighted by Crippen LogP contribution is -2.32. The van der Waals surface area contributed by atoms with E-state index in [1.54, 1.807) is 6.07 Å². The highest BCUT2D eigenvalue weighted by molar-refractivity contribution is 8.00. The first-order chi connectivity index (χ1) is 8.60. The van der Waals surface area contributed by atoms with Crippen molar-refractivity contribution in [3.05, 3.63) is 29.3 Å². The van der Waals surface area contributed by atoms with Crippen LogP contribution in [0.5, 0.6) is 0 Å². The molecule has 98 valence electrons. The van der Waals surface area contributed by atoms with E-state index in [4.69, 9.17) is 5.84 Å². The minimum atomic E-state index is -0.0664. The SMILES string of the molecule is CSC1(CNC(=O)c2ccc(C)cc2NN)CC1. The van der Waals surface area contributed by atoms with Crippen LogP contribution in [0.15, 0.2) is 18.2 Å². The fraction of sp³-hybridized carbons (Fsp3) is 0.462. The largest absolute Gasteiger partial charge is 0.351 e. The first kappa shape index (κ1) is 13.2. The predicted octanol–water partition coefficient (Wildman–Crippen LogP) is 1.91. The molecule has 0 atom stereocenters. The standard InChI is InChI=1S/C13H19N3OS/c1-9-3-4-10(11(7-9)16-14)12(17)15-8-13(18-2)5-6-13/h3-4,7,16H,5-6,8,14H2,1-2H3,(H,15,17). The summed E-state index contributed by atoms with van der Waals surface area (Å²) in [6.45, 7) is 2.69. The number of amides is 1. The van der Waals surface area contributed by atoms with Gasteiger partial charge in [-0.2, -0.15) is 11.8 Å². The number of rotatable bonds is 5. The highest BCUT2D eigenvalue weighted by Gasteiger charge is 2.42. The summed E-state index contributed by atoms with van der Waals surface area (Å²) in [5.41, 5.74) is 4.91. The molecule has 1 aromatic carbocycles. The molecule has 0 radical (unpaired) electrons. The van der Waals surface area contributed by atoms with Gasteiger partial charge in [0.1, 0.15) is 0 Å². The number of anilines is 1. The van der Waals surface area contributed by atoms with E-state index in [1.807, 2.05) is 30.8 Å². The Kier molecular flexibility index (Phi) is 3.82. The topological polar surface area (TPSA) is 67.2 Å². The van der Waals surface area contributed by atoms with Crippen LogP contribution >= 0.6 is 11.8 Å². The van der Waals surface area contributed by atoms with E-state index in [-0.39, 0.29) is 10.7 Å². The molecular weight excluding hydrogens is 246 g/mol. The van der Waals surface area contributed by atoms with Crippen LogP contribution in [-0.2, 0) is 0 Å². The molecule has 1 amide bonds. The Hall–Kier alpha value is -1.20. The summed E-state index contributed by atoms with van der Waals surface area (Å²) >= 11 is 1.83. The Morgan fingerprint density at radius 3 is 2.78 bits per heavy atom. The molecule has 0 spiro atoms. The second kappa shape index (κ2) is 5.20. The summed E-state index contributed by atoms with van der Waals surface area (Å²) in [5, 5.41) is 2.99. The van der Waals surface area contributed by atoms with Crippen LogP contribution in [0.1, 0.15) is 28.8 Å². The van der Waals surface area contributed by atoms with Crippen LogP contribution in [0.25, 0.3) is 0 Å². The monoisotopic (exact) mass is 265 g/mol. The van der Waals surface area contributed by atoms with Gasteiger partial charge >= 0.3 is 0 Å². The quantitative estimate of drug-likeness (QED) is 0.562. The Balaban J connectivity index is 2.04. The minimum Gasteiger partial charge on any atom is -0.351 e. The van der Waals surface area contributed by atoms with E-state index in [2.05, 4.69) is 17.0 Å². The second-order valence-corrected chi connectivity index (χ2v) is 6.04. The highest BCUT2D eigenvalue weighted by atomic mass is 32.2. The summed E-state index contributed by atoms with van der Waals surface area (Å²) in [6.07, 6.45) is 4.46. The van der Waals surface area contributed by atoms with E-state index in [0.29, 0.717) is 11.3 Å². The van der Waals surface area contributed by atoms with Gasteiger partial charge in [0, 0.05) is 11.3 Å². The number of hydrazine groups is 1. The molecule has 0 aliphatic heterocycles. The van der Waals surface area contributed by atoms with Crippen molar-refractivity contribution in [1.82, 2.24) is 5.32 Å². The minimum absolute atomic E-state index is 0.0664. The summed E-state index contributed by atoms with van der Waals surface area (Å²) in [4.78, 5) is 12.1. The smallest absolute Gasteiger partial charge is 0.253 e. The van der Waals surface area contributed by atoms with Crippen LogP contribution < -0.4 is 16.6 Å². The molecular formula is C13H19N3OS. The van der Waals surface area contributed by atoms with Gasteiger partial charge in [0.15, 0.2) is 0 Å². The lowest BCUT2D eigenvalue weighted by molar-refractivity contribution is 0.0954.